The molecule has 0 aliphatic carbocycles. The lowest BCUT2D eigenvalue weighted by molar-refractivity contribution is -0.933. The summed E-state index contributed by atoms with van der Waals surface area (Å²) < 4.78 is 6.43. The zero-order chi connectivity index (χ0) is 18.3. The van der Waals surface area contributed by atoms with Crippen molar-refractivity contribution in [3.63, 3.8) is 0 Å². The molecule has 0 heterocycles. The Hall–Kier alpha value is 0.160. The molecule has 0 saturated heterocycles. The molecule has 3 nitrogen and oxygen atoms in total. The van der Waals surface area contributed by atoms with Crippen LogP contribution in [0.3, 0.4) is 0 Å². The van der Waals surface area contributed by atoms with Crippen molar-refractivity contribution >= 4 is 5.97 Å². The number of hydrogen-bond donors (Lipinski definition) is 0. The number of carbonyl (C=O) groups is 1. The molecule has 152 valence electrons. The summed E-state index contributed by atoms with van der Waals surface area (Å²) >= 11 is 0. The zero-order valence-corrected chi connectivity index (χ0v) is 19.8. The monoisotopic (exact) mass is 469 g/mol. The number of hydrogen-bond acceptors (Lipinski definition) is 2. The van der Waals surface area contributed by atoms with E-state index in [9.17, 15) is 4.79 Å². The third-order valence-corrected chi connectivity index (χ3v) is 5.20. The van der Waals surface area contributed by atoms with Gasteiger partial charge < -0.3 is 28.7 Å². The third-order valence-electron chi connectivity index (χ3n) is 5.20. The van der Waals surface area contributed by atoms with E-state index in [0.717, 1.165) is 30.3 Å². The van der Waals surface area contributed by atoms with Gasteiger partial charge in [-0.05, 0) is 13.3 Å². The van der Waals surface area contributed by atoms with Gasteiger partial charge in [0.25, 0.3) is 0 Å². The molecule has 0 N–H and O–H groups in total. The molecule has 1 unspecified atom stereocenters. The van der Waals surface area contributed by atoms with Crippen LogP contribution in [0.15, 0.2) is 0 Å². The second-order valence-electron chi connectivity index (χ2n) is 7.73. The molecule has 0 saturated carbocycles. The van der Waals surface area contributed by atoms with E-state index in [1.54, 1.807) is 0 Å². The first-order valence-electron chi connectivity index (χ1n) is 10.5. The predicted molar refractivity (Wildman–Crippen MR) is 104 cm³/mol. The van der Waals surface area contributed by atoms with E-state index < -0.39 is 0 Å². The second-order valence-corrected chi connectivity index (χ2v) is 7.73. The van der Waals surface area contributed by atoms with Crippen LogP contribution in [-0.4, -0.2) is 37.3 Å². The van der Waals surface area contributed by atoms with Crippen LogP contribution in [-0.2, 0) is 9.53 Å². The maximum atomic E-state index is 12.0. The van der Waals surface area contributed by atoms with Crippen LogP contribution in [0, 0.1) is 0 Å². The average molecular weight is 469 g/mol. The largest absolute Gasteiger partial charge is 1.00 e. The van der Waals surface area contributed by atoms with Crippen molar-refractivity contribution in [1.82, 2.24) is 0 Å². The van der Waals surface area contributed by atoms with E-state index >= 15 is 0 Å². The summed E-state index contributed by atoms with van der Waals surface area (Å²) in [6.07, 6.45) is 15.9. The lowest BCUT2D eigenvalue weighted by Gasteiger charge is -2.35. The number of rotatable bonds is 16. The van der Waals surface area contributed by atoms with Gasteiger partial charge in [0.2, 0.25) is 6.23 Å². The fourth-order valence-corrected chi connectivity index (χ4v) is 3.07. The molecule has 0 aromatic heterocycles. The highest BCUT2D eigenvalue weighted by molar-refractivity contribution is 5.69. The summed E-state index contributed by atoms with van der Waals surface area (Å²) in [6.45, 7) is 7.47. The molecule has 0 spiro atoms. The maximum Gasteiger partial charge on any atom is 0.310 e. The standard InChI is InChI=1S/C21H44NO2.HI/c1-6-9-10-11-12-13-14-15-16-17-18-19-21(23)24-20(7-2)22(4,5)8-3;/h20H,6-19H2,1-5H3;1H/q+1;/p-1. The van der Waals surface area contributed by atoms with Crippen LogP contribution >= 0.6 is 0 Å². The fourth-order valence-electron chi connectivity index (χ4n) is 3.07. The molecule has 0 radical (unpaired) electrons. The average Bonchev–Trinajstić information content (AvgIpc) is 2.57. The van der Waals surface area contributed by atoms with Gasteiger partial charge in [0.05, 0.1) is 20.6 Å². The third kappa shape index (κ3) is 15.0. The Morgan fingerprint density at radius 1 is 0.800 bits per heavy atom. The number of halogens is 1. The summed E-state index contributed by atoms with van der Waals surface area (Å²) in [5.74, 6) is -0.0163. The first-order valence-corrected chi connectivity index (χ1v) is 10.5. The van der Waals surface area contributed by atoms with Gasteiger partial charge >= 0.3 is 5.97 Å². The molecule has 25 heavy (non-hydrogen) atoms. The molecule has 0 aromatic carbocycles. The predicted octanol–water partition coefficient (Wildman–Crippen LogP) is 3.07. The number of unbranched alkanes of at least 4 members (excludes halogenated alkanes) is 10. The number of carbonyl (C=O) groups excluding carboxylic acids is 1. The van der Waals surface area contributed by atoms with Gasteiger partial charge in [-0.2, -0.15) is 0 Å². The van der Waals surface area contributed by atoms with Crippen molar-refractivity contribution in [1.29, 1.82) is 0 Å². The van der Waals surface area contributed by atoms with Crippen LogP contribution in [0.2, 0.25) is 0 Å². The first kappa shape index (κ1) is 27.4. The summed E-state index contributed by atoms with van der Waals surface area (Å²) in [7, 11) is 4.26. The van der Waals surface area contributed by atoms with E-state index in [0.29, 0.717) is 6.42 Å². The summed E-state index contributed by atoms with van der Waals surface area (Å²) in [6, 6.07) is 0. The van der Waals surface area contributed by atoms with Crippen molar-refractivity contribution in [3.8, 4) is 0 Å². The molecule has 0 fully saturated rings. The molecule has 1 atom stereocenters. The fraction of sp³-hybridized carbons (Fsp3) is 0.952. The van der Waals surface area contributed by atoms with Gasteiger partial charge in [-0.25, -0.2) is 0 Å². The van der Waals surface area contributed by atoms with Crippen molar-refractivity contribution < 1.29 is 38.0 Å². The molecular formula is C21H44INO2. The quantitative estimate of drug-likeness (QED) is 0.114. The van der Waals surface area contributed by atoms with Gasteiger partial charge in [0.1, 0.15) is 0 Å². The number of esters is 1. The minimum Gasteiger partial charge on any atom is -1.00 e. The van der Waals surface area contributed by atoms with Gasteiger partial charge in [-0.3, -0.25) is 9.28 Å². The van der Waals surface area contributed by atoms with Crippen molar-refractivity contribution in [2.24, 2.45) is 0 Å². The van der Waals surface area contributed by atoms with Crippen molar-refractivity contribution in [2.45, 2.75) is 110 Å². The van der Waals surface area contributed by atoms with Crippen molar-refractivity contribution in [2.75, 3.05) is 20.6 Å². The SMILES string of the molecule is CCCCCCCCCCCCCC(=O)OC(CC)[N+](C)(C)CC.[I-]. The van der Waals surface area contributed by atoms with Crippen LogP contribution in [0.1, 0.15) is 104 Å². The Balaban J connectivity index is 0. The number of nitrogens with zero attached hydrogens (tertiary/aromatic N) is 1. The minimum absolute atomic E-state index is 0. The smallest absolute Gasteiger partial charge is 0.310 e. The van der Waals surface area contributed by atoms with Gasteiger partial charge in [0, 0.05) is 12.8 Å². The number of ether oxygens (including phenoxy) is 1. The minimum atomic E-state index is -0.0163. The van der Waals surface area contributed by atoms with E-state index in [1.807, 2.05) is 0 Å². The normalized spacial score (nSPS) is 12.5. The first-order chi connectivity index (χ1) is 11.5. The van der Waals surface area contributed by atoms with Crippen LogP contribution in [0.4, 0.5) is 0 Å². The molecule has 0 aliphatic rings. The molecular weight excluding hydrogens is 425 g/mol. The molecule has 0 aromatic rings. The Morgan fingerprint density at radius 2 is 1.24 bits per heavy atom. The second kappa shape index (κ2) is 17.6. The molecule has 0 rings (SSSR count). The lowest BCUT2D eigenvalue weighted by atomic mass is 10.1. The molecule has 4 heteroatoms. The van der Waals surface area contributed by atoms with Crippen LogP contribution in [0.5, 0.6) is 0 Å². The van der Waals surface area contributed by atoms with Crippen LogP contribution in [0.25, 0.3) is 0 Å². The van der Waals surface area contributed by atoms with E-state index in [4.69, 9.17) is 4.74 Å². The molecule has 0 amide bonds. The lowest BCUT2D eigenvalue weighted by Crippen LogP contribution is -3.00. The Labute approximate surface area is 174 Å². The molecule has 0 aliphatic heterocycles. The van der Waals surface area contributed by atoms with E-state index in [-0.39, 0.29) is 36.2 Å². The Morgan fingerprint density at radius 3 is 1.64 bits per heavy atom. The van der Waals surface area contributed by atoms with Gasteiger partial charge in [-0.1, -0.05) is 78.1 Å². The summed E-state index contributed by atoms with van der Waals surface area (Å²) in [5, 5.41) is 0. The topological polar surface area (TPSA) is 26.3 Å². The Bertz CT molecular complexity index is 308. The zero-order valence-electron chi connectivity index (χ0n) is 17.6. The summed E-state index contributed by atoms with van der Waals surface area (Å²) in [5.41, 5.74) is 0. The van der Waals surface area contributed by atoms with Crippen molar-refractivity contribution in [3.05, 3.63) is 0 Å². The van der Waals surface area contributed by atoms with Crippen LogP contribution < -0.4 is 24.0 Å². The molecule has 0 bridgehead atoms. The van der Waals surface area contributed by atoms with Gasteiger partial charge in [-0.15, -0.1) is 0 Å². The highest BCUT2D eigenvalue weighted by Gasteiger charge is 2.28. The highest BCUT2D eigenvalue weighted by atomic mass is 127. The summed E-state index contributed by atoms with van der Waals surface area (Å²) in [4.78, 5) is 12.0. The van der Waals surface area contributed by atoms with E-state index in [2.05, 4.69) is 34.9 Å². The van der Waals surface area contributed by atoms with Gasteiger partial charge in [0.15, 0.2) is 0 Å². The van der Waals surface area contributed by atoms with E-state index in [1.165, 1.54) is 57.8 Å². The Kier molecular flexibility index (Phi) is 19.2. The highest BCUT2D eigenvalue weighted by Crippen LogP contribution is 2.15. The number of quaternary nitrogens is 1. The maximum absolute atomic E-state index is 12.0.